The minimum Gasteiger partial charge on any atom is -0.349 e. The van der Waals surface area contributed by atoms with Gasteiger partial charge in [-0.3, -0.25) is 19.7 Å². The Hall–Kier alpha value is -3.29. The maximum Gasteiger partial charge on any atom is 0.271 e. The molecular formula is C17H16FN3O4. The van der Waals surface area contributed by atoms with E-state index in [1.54, 1.807) is 30.3 Å². The molecule has 0 aliphatic rings. The quantitative estimate of drug-likeness (QED) is 0.621. The van der Waals surface area contributed by atoms with Gasteiger partial charge in [0.25, 0.3) is 5.69 Å². The molecule has 0 saturated carbocycles. The highest BCUT2D eigenvalue weighted by Gasteiger charge is 2.19. The molecule has 2 rings (SSSR count). The second-order valence-electron chi connectivity index (χ2n) is 5.34. The van der Waals surface area contributed by atoms with Gasteiger partial charge < -0.3 is 10.6 Å². The van der Waals surface area contributed by atoms with E-state index in [2.05, 4.69) is 10.6 Å². The molecule has 130 valence electrons. The molecule has 0 aliphatic heterocycles. The maximum absolute atomic E-state index is 13.8. The third-order valence-electron chi connectivity index (χ3n) is 3.40. The summed E-state index contributed by atoms with van der Waals surface area (Å²) in [5.74, 6) is -1.68. The zero-order chi connectivity index (χ0) is 18.4. The molecule has 2 aromatic carbocycles. The number of non-ortho nitro benzene ring substituents is 1. The van der Waals surface area contributed by atoms with Crippen LogP contribution in [0.25, 0.3) is 0 Å². The van der Waals surface area contributed by atoms with Crippen LogP contribution in [-0.4, -0.2) is 16.7 Å². The van der Waals surface area contributed by atoms with Gasteiger partial charge in [0, 0.05) is 19.1 Å². The van der Waals surface area contributed by atoms with Crippen molar-refractivity contribution in [1.82, 2.24) is 5.32 Å². The maximum atomic E-state index is 13.8. The van der Waals surface area contributed by atoms with E-state index in [0.717, 1.165) is 18.2 Å². The summed E-state index contributed by atoms with van der Waals surface area (Å²) in [6, 6.07) is 11.1. The molecule has 2 aromatic rings. The highest BCUT2D eigenvalue weighted by Crippen LogP contribution is 2.23. The molecule has 1 atom stereocenters. The summed E-state index contributed by atoms with van der Waals surface area (Å²) < 4.78 is 13.8. The third kappa shape index (κ3) is 5.10. The number of nitro groups is 1. The Bertz CT molecular complexity index is 796. The number of benzene rings is 2. The summed E-state index contributed by atoms with van der Waals surface area (Å²) in [7, 11) is 0. The van der Waals surface area contributed by atoms with E-state index in [4.69, 9.17) is 0 Å². The van der Waals surface area contributed by atoms with Crippen molar-refractivity contribution < 1.29 is 18.9 Å². The summed E-state index contributed by atoms with van der Waals surface area (Å²) in [6.07, 6.45) is -0.147. The van der Waals surface area contributed by atoms with Gasteiger partial charge in [-0.2, -0.15) is 0 Å². The Labute approximate surface area is 143 Å². The Morgan fingerprint density at radius 1 is 1.20 bits per heavy atom. The van der Waals surface area contributed by atoms with Crippen LogP contribution in [0, 0.1) is 15.9 Å². The fourth-order valence-electron chi connectivity index (χ4n) is 2.29. The van der Waals surface area contributed by atoms with Gasteiger partial charge in [-0.1, -0.05) is 30.3 Å². The molecular weight excluding hydrogens is 329 g/mol. The number of rotatable bonds is 6. The number of carbonyl (C=O) groups excluding carboxylic acids is 2. The fourth-order valence-corrected chi connectivity index (χ4v) is 2.29. The molecule has 0 saturated heterocycles. The second-order valence-corrected chi connectivity index (χ2v) is 5.34. The van der Waals surface area contributed by atoms with Gasteiger partial charge in [0.2, 0.25) is 11.8 Å². The molecule has 8 heteroatoms. The van der Waals surface area contributed by atoms with E-state index in [1.165, 1.54) is 6.92 Å². The zero-order valence-corrected chi connectivity index (χ0v) is 13.4. The van der Waals surface area contributed by atoms with E-state index < -0.39 is 22.7 Å². The zero-order valence-electron chi connectivity index (χ0n) is 13.4. The third-order valence-corrected chi connectivity index (χ3v) is 3.40. The van der Waals surface area contributed by atoms with E-state index in [1.807, 2.05) is 0 Å². The number of nitrogens with zero attached hydrogens (tertiary/aromatic N) is 1. The highest BCUT2D eigenvalue weighted by molar-refractivity contribution is 5.92. The van der Waals surface area contributed by atoms with E-state index in [0.29, 0.717) is 5.56 Å². The van der Waals surface area contributed by atoms with Gasteiger partial charge in [0.15, 0.2) is 0 Å². The Balaban J connectivity index is 2.15. The molecule has 25 heavy (non-hydrogen) atoms. The number of carbonyl (C=O) groups is 2. The summed E-state index contributed by atoms with van der Waals surface area (Å²) >= 11 is 0. The van der Waals surface area contributed by atoms with Gasteiger partial charge in [-0.05, 0) is 11.6 Å². The van der Waals surface area contributed by atoms with Crippen LogP contribution in [0.2, 0.25) is 0 Å². The number of anilines is 1. The number of hydrogen-bond acceptors (Lipinski definition) is 4. The minimum atomic E-state index is -0.783. The number of halogens is 1. The molecule has 2 N–H and O–H groups in total. The molecule has 0 heterocycles. The lowest BCUT2D eigenvalue weighted by molar-refractivity contribution is -0.384. The standard InChI is InChI=1S/C17H16FN3O4/c1-11(22)19-15(12-5-3-2-4-6-12)10-17(23)20-16-9-13(21(24)25)7-8-14(16)18/h2-9,15H,10H2,1H3,(H,19,22)(H,20,23). The first-order valence-corrected chi connectivity index (χ1v) is 7.42. The number of amides is 2. The van der Waals surface area contributed by atoms with Crippen molar-refractivity contribution in [2.45, 2.75) is 19.4 Å². The van der Waals surface area contributed by atoms with Crippen molar-refractivity contribution in [3.05, 3.63) is 70.0 Å². The van der Waals surface area contributed by atoms with Gasteiger partial charge in [-0.15, -0.1) is 0 Å². The van der Waals surface area contributed by atoms with Crippen molar-refractivity contribution in [3.63, 3.8) is 0 Å². The fraction of sp³-hybridized carbons (Fsp3) is 0.176. The minimum absolute atomic E-state index is 0.147. The summed E-state index contributed by atoms with van der Waals surface area (Å²) in [5.41, 5.74) is 0.0966. The molecule has 0 radical (unpaired) electrons. The van der Waals surface area contributed by atoms with Gasteiger partial charge >= 0.3 is 0 Å². The normalized spacial score (nSPS) is 11.4. The lowest BCUT2D eigenvalue weighted by Crippen LogP contribution is -2.29. The van der Waals surface area contributed by atoms with Crippen molar-refractivity contribution in [2.24, 2.45) is 0 Å². The lowest BCUT2D eigenvalue weighted by atomic mass is 10.0. The second kappa shape index (κ2) is 8.00. The Morgan fingerprint density at radius 2 is 1.88 bits per heavy atom. The van der Waals surface area contributed by atoms with E-state index in [9.17, 15) is 24.1 Å². The van der Waals surface area contributed by atoms with Crippen LogP contribution < -0.4 is 10.6 Å². The van der Waals surface area contributed by atoms with Gasteiger partial charge in [0.05, 0.1) is 23.1 Å². The van der Waals surface area contributed by atoms with Crippen LogP contribution in [0.15, 0.2) is 48.5 Å². The SMILES string of the molecule is CC(=O)NC(CC(=O)Nc1cc([N+](=O)[O-])ccc1F)c1ccccc1. The predicted octanol–water partition coefficient (Wildman–Crippen LogP) is 2.94. The molecule has 0 aliphatic carbocycles. The average molecular weight is 345 g/mol. The number of hydrogen-bond donors (Lipinski definition) is 2. The van der Waals surface area contributed by atoms with Crippen LogP contribution in [-0.2, 0) is 9.59 Å². The van der Waals surface area contributed by atoms with Crippen molar-refractivity contribution in [2.75, 3.05) is 5.32 Å². The average Bonchev–Trinajstić information content (AvgIpc) is 2.56. The molecule has 0 spiro atoms. The molecule has 2 amide bonds. The lowest BCUT2D eigenvalue weighted by Gasteiger charge is -2.18. The van der Waals surface area contributed by atoms with Gasteiger partial charge in [-0.25, -0.2) is 4.39 Å². The summed E-state index contributed by atoms with van der Waals surface area (Å²) in [5, 5.41) is 15.7. The summed E-state index contributed by atoms with van der Waals surface area (Å²) in [4.78, 5) is 33.7. The van der Waals surface area contributed by atoms with Crippen LogP contribution in [0.4, 0.5) is 15.8 Å². The van der Waals surface area contributed by atoms with Crippen LogP contribution in [0.1, 0.15) is 24.9 Å². The highest BCUT2D eigenvalue weighted by atomic mass is 19.1. The first-order valence-electron chi connectivity index (χ1n) is 7.42. The predicted molar refractivity (Wildman–Crippen MR) is 89.3 cm³/mol. The molecule has 0 aromatic heterocycles. The van der Waals surface area contributed by atoms with Crippen LogP contribution in [0.5, 0.6) is 0 Å². The van der Waals surface area contributed by atoms with Crippen LogP contribution >= 0.6 is 0 Å². The smallest absolute Gasteiger partial charge is 0.271 e. The van der Waals surface area contributed by atoms with E-state index >= 15 is 0 Å². The Morgan fingerprint density at radius 3 is 2.48 bits per heavy atom. The Kier molecular flexibility index (Phi) is 5.78. The molecule has 0 fully saturated rings. The topological polar surface area (TPSA) is 101 Å². The monoisotopic (exact) mass is 345 g/mol. The molecule has 0 bridgehead atoms. The largest absolute Gasteiger partial charge is 0.349 e. The van der Waals surface area contributed by atoms with E-state index in [-0.39, 0.29) is 23.7 Å². The molecule has 1 unspecified atom stereocenters. The van der Waals surface area contributed by atoms with Crippen molar-refractivity contribution in [1.29, 1.82) is 0 Å². The summed E-state index contributed by atoms with van der Waals surface area (Å²) in [6.45, 7) is 1.33. The first kappa shape index (κ1) is 18.1. The van der Waals surface area contributed by atoms with Gasteiger partial charge in [0.1, 0.15) is 5.82 Å². The first-order chi connectivity index (χ1) is 11.9. The molecule has 7 nitrogen and oxygen atoms in total. The number of nitro benzene ring substituents is 1. The van der Waals surface area contributed by atoms with Crippen molar-refractivity contribution >= 4 is 23.2 Å². The van der Waals surface area contributed by atoms with Crippen LogP contribution in [0.3, 0.4) is 0 Å². The van der Waals surface area contributed by atoms with Crippen molar-refractivity contribution in [3.8, 4) is 0 Å². The number of nitrogens with one attached hydrogen (secondary N) is 2.